The summed E-state index contributed by atoms with van der Waals surface area (Å²) >= 11 is 0. The van der Waals surface area contributed by atoms with E-state index in [0.717, 1.165) is 0 Å². The number of nitrogens with zero attached hydrogens (tertiary/aromatic N) is 1. The average Bonchev–Trinajstić information content (AvgIpc) is 3.34. The molecule has 0 radical (unpaired) electrons. The van der Waals surface area contributed by atoms with Crippen LogP contribution in [0.25, 0.3) is 0 Å². The highest BCUT2D eigenvalue weighted by Crippen LogP contribution is 2.37. The van der Waals surface area contributed by atoms with Crippen LogP contribution in [0.5, 0.6) is 17.2 Å². The van der Waals surface area contributed by atoms with E-state index in [-0.39, 0.29) is 11.3 Å². The van der Waals surface area contributed by atoms with E-state index in [0.29, 0.717) is 56.0 Å². The Morgan fingerprint density at radius 3 is 2.59 bits per heavy atom. The largest absolute Gasteiger partial charge is 0.454 e. The number of likely N-dealkylation sites (tertiary alicyclic amines) is 1. The first-order valence-corrected chi connectivity index (χ1v) is 10.3. The number of hydrogen-bond donors (Lipinski definition) is 0. The van der Waals surface area contributed by atoms with Crippen LogP contribution in [0.15, 0.2) is 18.2 Å². The summed E-state index contributed by atoms with van der Waals surface area (Å²) in [6.07, 6.45) is 2.48. The summed E-state index contributed by atoms with van der Waals surface area (Å²) in [6.45, 7) is 8.49. The first-order chi connectivity index (χ1) is 13.7. The molecule has 0 N–H and O–H groups in total. The Labute approximate surface area is 171 Å². The van der Waals surface area contributed by atoms with Gasteiger partial charge in [-0.25, -0.2) is 14.1 Å². The fourth-order valence-electron chi connectivity index (χ4n) is 4.08. The van der Waals surface area contributed by atoms with Crippen LogP contribution in [-0.2, 0) is 14.4 Å². The second-order valence-electron chi connectivity index (χ2n) is 8.45. The van der Waals surface area contributed by atoms with E-state index in [4.69, 9.17) is 14.2 Å². The summed E-state index contributed by atoms with van der Waals surface area (Å²) in [5, 5.41) is 0. The Balaban J connectivity index is 1.85. The van der Waals surface area contributed by atoms with Gasteiger partial charge >= 0.3 is 11.9 Å². The van der Waals surface area contributed by atoms with E-state index in [9.17, 15) is 14.4 Å². The number of benzene rings is 1. The normalized spacial score (nSPS) is 23.1. The lowest BCUT2D eigenvalue weighted by atomic mass is 9.84. The molecular weight excluding hydrogens is 374 g/mol. The summed E-state index contributed by atoms with van der Waals surface area (Å²) in [4.78, 5) is 39.4. The molecule has 1 unspecified atom stereocenters. The fourth-order valence-corrected chi connectivity index (χ4v) is 4.08. The molecule has 1 aromatic carbocycles. The van der Waals surface area contributed by atoms with E-state index in [2.05, 4.69) is 0 Å². The maximum absolute atomic E-state index is 13.4. The van der Waals surface area contributed by atoms with Crippen molar-refractivity contribution in [1.82, 2.24) is 0 Å². The zero-order valence-corrected chi connectivity index (χ0v) is 17.7. The molecule has 0 spiro atoms. The molecule has 2 aliphatic heterocycles. The number of quaternary nitrogens is 1. The van der Waals surface area contributed by atoms with Gasteiger partial charge in [0.1, 0.15) is 5.75 Å². The standard InChI is InChI=1S/C22H30NO6/c1-5-11-23(20(25)19(24)22(3,4)6-2)12-7-8-16(23)21(26)29-15-9-10-17-18(13-15)28-14-27-17/h9-10,13,16H,5-8,11-12,14H2,1-4H3/q+1/t16-,23?/m0/s1. The zero-order valence-electron chi connectivity index (χ0n) is 17.7. The van der Waals surface area contributed by atoms with Crippen molar-refractivity contribution in [2.24, 2.45) is 5.41 Å². The molecule has 7 heteroatoms. The van der Waals surface area contributed by atoms with Crippen molar-refractivity contribution in [2.45, 2.75) is 59.4 Å². The third kappa shape index (κ3) is 3.88. The summed E-state index contributed by atoms with van der Waals surface area (Å²) in [6, 6.07) is 4.26. The molecule has 158 valence electrons. The Bertz CT molecular complexity index is 818. The van der Waals surface area contributed by atoms with Crippen LogP contribution >= 0.6 is 0 Å². The Morgan fingerprint density at radius 1 is 1.17 bits per heavy atom. The molecule has 0 aliphatic carbocycles. The number of carbonyl (C=O) groups is 3. The number of ketones is 1. The maximum Gasteiger partial charge on any atom is 0.383 e. The summed E-state index contributed by atoms with van der Waals surface area (Å²) in [7, 11) is 0. The Morgan fingerprint density at radius 2 is 1.90 bits per heavy atom. The molecule has 1 aromatic rings. The topological polar surface area (TPSA) is 78.9 Å². The van der Waals surface area contributed by atoms with Gasteiger partial charge in [0.25, 0.3) is 5.78 Å². The van der Waals surface area contributed by atoms with Gasteiger partial charge in [-0.3, -0.25) is 4.79 Å². The second kappa shape index (κ2) is 8.14. The van der Waals surface area contributed by atoms with Gasteiger partial charge in [0, 0.05) is 24.3 Å². The monoisotopic (exact) mass is 404 g/mol. The number of esters is 1. The van der Waals surface area contributed by atoms with E-state index >= 15 is 0 Å². The minimum Gasteiger partial charge on any atom is -0.454 e. The lowest BCUT2D eigenvalue weighted by Crippen LogP contribution is -2.63. The minimum absolute atomic E-state index is 0.135. The van der Waals surface area contributed by atoms with Gasteiger partial charge in [-0.05, 0) is 25.0 Å². The summed E-state index contributed by atoms with van der Waals surface area (Å²) < 4.78 is 16.1. The van der Waals surface area contributed by atoms with Crippen molar-refractivity contribution >= 4 is 17.7 Å². The van der Waals surface area contributed by atoms with E-state index < -0.39 is 29.1 Å². The lowest BCUT2D eigenvalue weighted by Gasteiger charge is -2.37. The van der Waals surface area contributed by atoms with E-state index in [1.807, 2.05) is 13.8 Å². The molecule has 29 heavy (non-hydrogen) atoms. The smallest absolute Gasteiger partial charge is 0.383 e. The number of Topliss-reactive ketones (excluding diaryl/α,β-unsaturated/α-hetero) is 1. The predicted octanol–water partition coefficient (Wildman–Crippen LogP) is 3.24. The molecule has 0 aromatic heterocycles. The van der Waals surface area contributed by atoms with Gasteiger partial charge in [-0.2, -0.15) is 0 Å². The quantitative estimate of drug-likeness (QED) is 0.300. The van der Waals surface area contributed by atoms with Gasteiger partial charge in [-0.1, -0.05) is 27.7 Å². The molecule has 2 heterocycles. The van der Waals surface area contributed by atoms with Crippen LogP contribution in [0.2, 0.25) is 0 Å². The molecule has 1 saturated heterocycles. The molecule has 2 aliphatic rings. The van der Waals surface area contributed by atoms with Crippen molar-refractivity contribution in [3.05, 3.63) is 18.2 Å². The van der Waals surface area contributed by atoms with Crippen LogP contribution < -0.4 is 14.2 Å². The van der Waals surface area contributed by atoms with Crippen molar-refractivity contribution in [3.63, 3.8) is 0 Å². The van der Waals surface area contributed by atoms with Gasteiger partial charge in [0.2, 0.25) is 6.79 Å². The van der Waals surface area contributed by atoms with Crippen molar-refractivity contribution in [3.8, 4) is 17.2 Å². The molecule has 7 nitrogen and oxygen atoms in total. The number of ether oxygens (including phenoxy) is 3. The molecule has 0 saturated carbocycles. The molecule has 0 bridgehead atoms. The van der Waals surface area contributed by atoms with Gasteiger partial charge in [0.15, 0.2) is 17.5 Å². The van der Waals surface area contributed by atoms with Gasteiger partial charge in [0.05, 0.1) is 13.1 Å². The highest BCUT2D eigenvalue weighted by Gasteiger charge is 2.56. The zero-order chi connectivity index (χ0) is 21.2. The number of rotatable bonds is 7. The van der Waals surface area contributed by atoms with Gasteiger partial charge in [-0.15, -0.1) is 0 Å². The average molecular weight is 404 g/mol. The minimum atomic E-state index is -0.746. The highest BCUT2D eigenvalue weighted by atomic mass is 16.7. The molecule has 1 amide bonds. The number of amides is 1. The lowest BCUT2D eigenvalue weighted by molar-refractivity contribution is -0.855. The summed E-state index contributed by atoms with van der Waals surface area (Å²) in [5.41, 5.74) is -0.746. The van der Waals surface area contributed by atoms with Crippen molar-refractivity contribution in [1.29, 1.82) is 0 Å². The number of hydrogen-bond acceptors (Lipinski definition) is 6. The van der Waals surface area contributed by atoms with E-state index in [1.165, 1.54) is 0 Å². The van der Waals surface area contributed by atoms with Crippen LogP contribution in [0.4, 0.5) is 0 Å². The van der Waals surface area contributed by atoms with E-state index in [1.54, 1.807) is 32.0 Å². The summed E-state index contributed by atoms with van der Waals surface area (Å²) in [5.74, 6) is 0.107. The third-order valence-electron chi connectivity index (χ3n) is 6.19. The Kier molecular flexibility index (Phi) is 5.98. The maximum atomic E-state index is 13.4. The number of carbonyl (C=O) groups excluding carboxylic acids is 3. The van der Waals surface area contributed by atoms with Crippen molar-refractivity contribution < 1.29 is 33.1 Å². The first kappa shape index (κ1) is 21.3. The van der Waals surface area contributed by atoms with Crippen LogP contribution in [-0.4, -0.2) is 48.1 Å². The first-order valence-electron chi connectivity index (χ1n) is 10.3. The van der Waals surface area contributed by atoms with Crippen molar-refractivity contribution in [2.75, 3.05) is 19.9 Å². The SMILES string of the molecule is CCC[N+]1(C(=O)C(=O)C(C)(C)CC)CCC[C@H]1C(=O)Oc1ccc2c(c1)OCO2. The fraction of sp³-hybridized carbons (Fsp3) is 0.591. The highest BCUT2D eigenvalue weighted by molar-refractivity contribution is 6.35. The Hall–Kier alpha value is -2.41. The molecular formula is C22H30NO6+. The van der Waals surface area contributed by atoms with Crippen LogP contribution in [0.3, 0.4) is 0 Å². The van der Waals surface area contributed by atoms with Crippen LogP contribution in [0.1, 0.15) is 53.4 Å². The van der Waals surface area contributed by atoms with Crippen LogP contribution in [0, 0.1) is 5.41 Å². The van der Waals surface area contributed by atoms with Gasteiger partial charge < -0.3 is 14.2 Å². The third-order valence-corrected chi connectivity index (χ3v) is 6.19. The molecule has 3 rings (SSSR count). The number of fused-ring (bicyclic) bond motifs is 1. The molecule has 1 fully saturated rings. The molecule has 2 atom stereocenters. The predicted molar refractivity (Wildman–Crippen MR) is 106 cm³/mol. The second-order valence-corrected chi connectivity index (χ2v) is 8.45.